The van der Waals surface area contributed by atoms with Crippen molar-refractivity contribution in [2.24, 2.45) is 0 Å². The van der Waals surface area contributed by atoms with Crippen molar-refractivity contribution in [2.45, 2.75) is 16.3 Å². The predicted molar refractivity (Wildman–Crippen MR) is 68.6 cm³/mol. The highest BCUT2D eigenvalue weighted by molar-refractivity contribution is 14.1. The smallest absolute Gasteiger partial charge is 0.0622 e. The van der Waals surface area contributed by atoms with E-state index in [0.717, 1.165) is 0 Å². The standard InChI is InChI=1S/C13H12I/c1-13(14)9-7-12(8-10-13)11-5-3-2-4-6-11/h2-9,12H,1H3. The molecule has 1 radical (unpaired) electrons. The van der Waals surface area contributed by atoms with Crippen LogP contribution in [0.5, 0.6) is 0 Å². The number of hydrogen-bond acceptors (Lipinski definition) is 0. The third kappa shape index (κ3) is 2.27. The molecule has 0 saturated heterocycles. The zero-order valence-corrected chi connectivity index (χ0v) is 10.2. The van der Waals surface area contributed by atoms with Crippen molar-refractivity contribution in [1.29, 1.82) is 0 Å². The SMILES string of the molecule is CC1(I)[C]=CC(c2ccccc2)C=C1. The minimum atomic E-state index is 0.0725. The van der Waals surface area contributed by atoms with E-state index < -0.39 is 0 Å². The van der Waals surface area contributed by atoms with Gasteiger partial charge in [0.1, 0.15) is 0 Å². The molecule has 0 N–H and O–H groups in total. The Labute approximate surface area is 98.9 Å². The van der Waals surface area contributed by atoms with Crippen LogP contribution in [0, 0.1) is 6.08 Å². The van der Waals surface area contributed by atoms with Crippen molar-refractivity contribution in [3.8, 4) is 0 Å². The summed E-state index contributed by atoms with van der Waals surface area (Å²) in [6.07, 6.45) is 10.00. The Bertz CT molecular complexity index is 344. The Balaban J connectivity index is 2.22. The number of allylic oxidation sites excluding steroid dienone is 4. The minimum Gasteiger partial charge on any atom is -0.0756 e. The van der Waals surface area contributed by atoms with Crippen LogP contribution in [-0.2, 0) is 0 Å². The van der Waals surface area contributed by atoms with Gasteiger partial charge in [-0.3, -0.25) is 0 Å². The van der Waals surface area contributed by atoms with Crippen LogP contribution >= 0.6 is 22.6 Å². The molecule has 0 aliphatic heterocycles. The molecule has 0 aromatic heterocycles. The lowest BCUT2D eigenvalue weighted by atomic mass is 9.91. The molecule has 71 valence electrons. The fourth-order valence-corrected chi connectivity index (χ4v) is 1.91. The molecule has 1 aliphatic carbocycles. The summed E-state index contributed by atoms with van der Waals surface area (Å²) in [6, 6.07) is 10.5. The molecule has 1 aromatic carbocycles. The summed E-state index contributed by atoms with van der Waals surface area (Å²) in [5.74, 6) is 0.402. The van der Waals surface area contributed by atoms with Crippen LogP contribution in [-0.4, -0.2) is 3.42 Å². The van der Waals surface area contributed by atoms with Gasteiger partial charge in [-0.1, -0.05) is 71.2 Å². The summed E-state index contributed by atoms with van der Waals surface area (Å²) in [7, 11) is 0. The van der Waals surface area contributed by atoms with Crippen molar-refractivity contribution < 1.29 is 0 Å². The van der Waals surface area contributed by atoms with E-state index in [1.807, 2.05) is 6.07 Å². The monoisotopic (exact) mass is 295 g/mol. The molecule has 0 nitrogen and oxygen atoms in total. The molecule has 0 bridgehead atoms. The summed E-state index contributed by atoms with van der Waals surface area (Å²) in [6.45, 7) is 2.15. The highest BCUT2D eigenvalue weighted by atomic mass is 127. The van der Waals surface area contributed by atoms with Crippen LogP contribution in [0.1, 0.15) is 18.4 Å². The largest absolute Gasteiger partial charge is 0.0756 e. The molecule has 14 heavy (non-hydrogen) atoms. The first kappa shape index (κ1) is 9.97. The molecular formula is C13H12I. The summed E-state index contributed by atoms with van der Waals surface area (Å²) in [5.41, 5.74) is 1.34. The predicted octanol–water partition coefficient (Wildman–Crippen LogP) is 3.89. The molecule has 2 atom stereocenters. The first-order chi connectivity index (χ1) is 6.67. The third-order valence-corrected chi connectivity index (χ3v) is 3.02. The Hall–Kier alpha value is -0.570. The van der Waals surface area contributed by atoms with Gasteiger partial charge in [-0.05, 0) is 18.6 Å². The maximum atomic E-state index is 3.38. The molecule has 0 spiro atoms. The van der Waals surface area contributed by atoms with E-state index in [1.54, 1.807) is 0 Å². The van der Waals surface area contributed by atoms with E-state index in [-0.39, 0.29) is 3.42 Å². The van der Waals surface area contributed by atoms with Gasteiger partial charge < -0.3 is 0 Å². The molecular weight excluding hydrogens is 283 g/mol. The van der Waals surface area contributed by atoms with E-state index in [4.69, 9.17) is 0 Å². The quantitative estimate of drug-likeness (QED) is 0.419. The van der Waals surface area contributed by atoms with Crippen molar-refractivity contribution in [1.82, 2.24) is 0 Å². The van der Waals surface area contributed by atoms with Crippen LogP contribution in [0.25, 0.3) is 0 Å². The number of hydrogen-bond donors (Lipinski definition) is 0. The fraction of sp³-hybridized carbons (Fsp3) is 0.231. The minimum absolute atomic E-state index is 0.0725. The van der Waals surface area contributed by atoms with Crippen LogP contribution in [0.4, 0.5) is 0 Å². The first-order valence-corrected chi connectivity index (χ1v) is 5.79. The van der Waals surface area contributed by atoms with E-state index in [0.29, 0.717) is 5.92 Å². The molecule has 1 aromatic rings. The van der Waals surface area contributed by atoms with Crippen LogP contribution in [0.2, 0.25) is 0 Å². The maximum absolute atomic E-state index is 3.38. The molecule has 0 saturated carbocycles. The maximum Gasteiger partial charge on any atom is 0.0622 e. The topological polar surface area (TPSA) is 0 Å². The Morgan fingerprint density at radius 2 is 2.00 bits per heavy atom. The lowest BCUT2D eigenvalue weighted by molar-refractivity contribution is 0.930. The lowest BCUT2D eigenvalue weighted by Crippen LogP contribution is -2.12. The molecule has 0 amide bonds. The van der Waals surface area contributed by atoms with Crippen LogP contribution in [0.15, 0.2) is 48.6 Å². The molecule has 1 heteroatoms. The van der Waals surface area contributed by atoms with Gasteiger partial charge >= 0.3 is 0 Å². The van der Waals surface area contributed by atoms with E-state index in [1.165, 1.54) is 5.56 Å². The molecule has 0 fully saturated rings. The van der Waals surface area contributed by atoms with E-state index in [2.05, 4.69) is 78.1 Å². The van der Waals surface area contributed by atoms with Gasteiger partial charge in [-0.25, -0.2) is 0 Å². The zero-order chi connectivity index (χ0) is 10.0. The number of alkyl halides is 1. The van der Waals surface area contributed by atoms with Gasteiger partial charge in [0.25, 0.3) is 0 Å². The zero-order valence-electron chi connectivity index (χ0n) is 8.07. The van der Waals surface area contributed by atoms with Gasteiger partial charge in [0.05, 0.1) is 3.42 Å². The highest BCUT2D eigenvalue weighted by Gasteiger charge is 2.18. The van der Waals surface area contributed by atoms with E-state index in [9.17, 15) is 0 Å². The highest BCUT2D eigenvalue weighted by Crippen LogP contribution is 2.30. The van der Waals surface area contributed by atoms with Crippen molar-refractivity contribution in [3.05, 3.63) is 60.2 Å². The number of halogens is 1. The van der Waals surface area contributed by atoms with Crippen LogP contribution in [0.3, 0.4) is 0 Å². The first-order valence-electron chi connectivity index (χ1n) is 4.72. The van der Waals surface area contributed by atoms with Crippen molar-refractivity contribution in [3.63, 3.8) is 0 Å². The molecule has 1 aliphatic rings. The fourth-order valence-electron chi connectivity index (χ4n) is 1.52. The second-order valence-electron chi connectivity index (χ2n) is 3.68. The number of rotatable bonds is 1. The van der Waals surface area contributed by atoms with Crippen molar-refractivity contribution >= 4 is 22.6 Å². The van der Waals surface area contributed by atoms with Crippen molar-refractivity contribution in [2.75, 3.05) is 0 Å². The number of benzene rings is 1. The van der Waals surface area contributed by atoms with E-state index >= 15 is 0 Å². The van der Waals surface area contributed by atoms with Gasteiger partial charge in [-0.2, -0.15) is 0 Å². The molecule has 0 heterocycles. The second-order valence-corrected chi connectivity index (χ2v) is 5.92. The second kappa shape index (κ2) is 3.89. The summed E-state index contributed by atoms with van der Waals surface area (Å²) in [4.78, 5) is 0. The van der Waals surface area contributed by atoms with Gasteiger partial charge in [0.2, 0.25) is 0 Å². The summed E-state index contributed by atoms with van der Waals surface area (Å²) < 4.78 is 0.0725. The average molecular weight is 295 g/mol. The van der Waals surface area contributed by atoms with Crippen LogP contribution < -0.4 is 0 Å². The third-order valence-electron chi connectivity index (χ3n) is 2.35. The van der Waals surface area contributed by atoms with Gasteiger partial charge in [0.15, 0.2) is 0 Å². The molecule has 2 rings (SSSR count). The Kier molecular flexibility index (Phi) is 2.77. The van der Waals surface area contributed by atoms with Gasteiger partial charge in [0, 0.05) is 5.92 Å². The Morgan fingerprint density at radius 1 is 1.29 bits per heavy atom. The average Bonchev–Trinajstić information content (AvgIpc) is 2.19. The Morgan fingerprint density at radius 3 is 2.57 bits per heavy atom. The summed E-state index contributed by atoms with van der Waals surface area (Å²) >= 11 is 2.39. The van der Waals surface area contributed by atoms with Gasteiger partial charge in [-0.15, -0.1) is 0 Å². The normalized spacial score (nSPS) is 30.6. The summed E-state index contributed by atoms with van der Waals surface area (Å²) in [5, 5.41) is 0. The lowest BCUT2D eigenvalue weighted by Gasteiger charge is -2.20. The molecule has 2 unspecified atom stereocenters.